The Labute approximate surface area is 170 Å². The largest absolute Gasteiger partial charge is 0.396 e. The van der Waals surface area contributed by atoms with Crippen LogP contribution in [0.2, 0.25) is 0 Å². The van der Waals surface area contributed by atoms with Gasteiger partial charge in [0, 0.05) is 11.4 Å². The van der Waals surface area contributed by atoms with Crippen molar-refractivity contribution >= 4 is 24.0 Å². The molecule has 0 spiro atoms. The van der Waals surface area contributed by atoms with Crippen molar-refractivity contribution in [2.75, 3.05) is 11.5 Å². The van der Waals surface area contributed by atoms with Crippen molar-refractivity contribution < 1.29 is 4.79 Å². The standard InChI is InChI=1S/C22H29N5O2/c1-13-9-17(10-15-7-5-4-6-8-15)20(24)22(29)27(13)21-18(23)11-16(14(2)26-21)12-19(28)25-3/h9,11,15H,3-8,10,12,23-24H2,1-2H3. The van der Waals surface area contributed by atoms with E-state index in [-0.39, 0.29) is 23.6 Å². The Balaban J connectivity index is 1.99. The van der Waals surface area contributed by atoms with Gasteiger partial charge in [0.15, 0.2) is 5.82 Å². The van der Waals surface area contributed by atoms with E-state index < -0.39 is 0 Å². The molecule has 0 atom stereocenters. The maximum atomic E-state index is 13.1. The van der Waals surface area contributed by atoms with E-state index in [4.69, 9.17) is 11.5 Å². The van der Waals surface area contributed by atoms with E-state index in [2.05, 4.69) is 16.7 Å². The van der Waals surface area contributed by atoms with Crippen LogP contribution in [0.1, 0.15) is 54.6 Å². The van der Waals surface area contributed by atoms with E-state index in [1.165, 1.54) is 36.7 Å². The predicted octanol–water partition coefficient (Wildman–Crippen LogP) is 2.91. The van der Waals surface area contributed by atoms with Crippen molar-refractivity contribution in [1.82, 2.24) is 9.55 Å². The van der Waals surface area contributed by atoms with Gasteiger partial charge in [0.25, 0.3) is 5.56 Å². The lowest BCUT2D eigenvalue weighted by Crippen LogP contribution is -2.27. The second kappa shape index (κ2) is 8.59. The first-order valence-electron chi connectivity index (χ1n) is 10.1. The van der Waals surface area contributed by atoms with Crippen molar-refractivity contribution in [3.63, 3.8) is 0 Å². The highest BCUT2D eigenvalue weighted by atomic mass is 16.1. The van der Waals surface area contributed by atoms with E-state index >= 15 is 0 Å². The van der Waals surface area contributed by atoms with Gasteiger partial charge in [0.05, 0.1) is 12.1 Å². The molecular weight excluding hydrogens is 366 g/mol. The lowest BCUT2D eigenvalue weighted by molar-refractivity contribution is -0.117. The summed E-state index contributed by atoms with van der Waals surface area (Å²) in [7, 11) is 0. The number of rotatable bonds is 5. The van der Waals surface area contributed by atoms with Gasteiger partial charge in [-0.1, -0.05) is 32.1 Å². The number of aromatic nitrogens is 2. The summed E-state index contributed by atoms with van der Waals surface area (Å²) in [6.07, 6.45) is 7.07. The van der Waals surface area contributed by atoms with Crippen LogP contribution in [-0.2, 0) is 17.6 Å². The number of carbonyl (C=O) groups is 1. The third-order valence-corrected chi connectivity index (χ3v) is 5.80. The Morgan fingerprint density at radius 2 is 1.90 bits per heavy atom. The topological polar surface area (TPSA) is 116 Å². The van der Waals surface area contributed by atoms with Crippen LogP contribution in [0.3, 0.4) is 0 Å². The van der Waals surface area contributed by atoms with Crippen molar-refractivity contribution in [3.8, 4) is 5.82 Å². The molecule has 1 amide bonds. The summed E-state index contributed by atoms with van der Waals surface area (Å²) < 4.78 is 1.46. The monoisotopic (exact) mass is 395 g/mol. The number of hydrogen-bond donors (Lipinski definition) is 2. The number of nitrogen functional groups attached to an aromatic ring is 2. The van der Waals surface area contributed by atoms with Gasteiger partial charge in [-0.15, -0.1) is 0 Å². The third kappa shape index (κ3) is 4.39. The third-order valence-electron chi connectivity index (χ3n) is 5.80. The molecule has 0 unspecified atom stereocenters. The Kier molecular flexibility index (Phi) is 6.15. The molecule has 2 aromatic heterocycles. The predicted molar refractivity (Wildman–Crippen MR) is 117 cm³/mol. The second-order valence-corrected chi connectivity index (χ2v) is 7.95. The van der Waals surface area contributed by atoms with E-state index in [1.54, 1.807) is 13.0 Å². The summed E-state index contributed by atoms with van der Waals surface area (Å²) in [5.74, 6) is 0.566. The van der Waals surface area contributed by atoms with E-state index in [1.807, 2.05) is 13.0 Å². The summed E-state index contributed by atoms with van der Waals surface area (Å²) in [5, 5.41) is 0. The molecule has 0 aromatic carbocycles. The van der Waals surface area contributed by atoms with Crippen LogP contribution in [0.15, 0.2) is 21.9 Å². The van der Waals surface area contributed by atoms with Crippen LogP contribution in [0.4, 0.5) is 11.4 Å². The molecule has 1 aliphatic rings. The van der Waals surface area contributed by atoms with Crippen molar-refractivity contribution in [2.24, 2.45) is 10.9 Å². The first-order chi connectivity index (χ1) is 13.8. The molecule has 29 heavy (non-hydrogen) atoms. The highest BCUT2D eigenvalue weighted by molar-refractivity contribution is 5.83. The SMILES string of the molecule is C=NC(=O)Cc1cc(N)c(-n2c(C)cc(CC3CCCCC3)c(N)c2=O)nc1C. The molecule has 3 rings (SSSR count). The summed E-state index contributed by atoms with van der Waals surface area (Å²) in [5.41, 5.74) is 15.6. The van der Waals surface area contributed by atoms with E-state index in [0.29, 0.717) is 28.7 Å². The van der Waals surface area contributed by atoms with Gasteiger partial charge in [0.1, 0.15) is 5.69 Å². The molecule has 0 radical (unpaired) electrons. The lowest BCUT2D eigenvalue weighted by Gasteiger charge is -2.23. The minimum Gasteiger partial charge on any atom is -0.396 e. The summed E-state index contributed by atoms with van der Waals surface area (Å²) in [4.78, 5) is 32.6. The van der Waals surface area contributed by atoms with Crippen molar-refractivity contribution in [2.45, 2.75) is 58.8 Å². The van der Waals surface area contributed by atoms with Gasteiger partial charge >= 0.3 is 0 Å². The number of amides is 1. The molecule has 1 saturated carbocycles. The molecule has 7 nitrogen and oxygen atoms in total. The molecular formula is C22H29N5O2. The molecule has 1 aliphatic carbocycles. The van der Waals surface area contributed by atoms with Crippen LogP contribution in [0.25, 0.3) is 5.82 Å². The first-order valence-corrected chi connectivity index (χ1v) is 10.1. The maximum Gasteiger partial charge on any atom is 0.279 e. The molecule has 7 heteroatoms. The summed E-state index contributed by atoms with van der Waals surface area (Å²) in [6.45, 7) is 6.88. The van der Waals surface area contributed by atoms with Crippen LogP contribution in [0, 0.1) is 19.8 Å². The van der Waals surface area contributed by atoms with Crippen molar-refractivity contribution in [3.05, 3.63) is 45.0 Å². The maximum absolute atomic E-state index is 13.1. The average molecular weight is 396 g/mol. The van der Waals surface area contributed by atoms with Crippen LogP contribution in [-0.4, -0.2) is 22.2 Å². The zero-order valence-electron chi connectivity index (χ0n) is 17.2. The fourth-order valence-electron chi connectivity index (χ4n) is 4.18. The van der Waals surface area contributed by atoms with Gasteiger partial charge in [-0.05, 0) is 56.2 Å². The van der Waals surface area contributed by atoms with E-state index in [9.17, 15) is 9.59 Å². The number of hydrogen-bond acceptors (Lipinski definition) is 5. The Hall–Kier alpha value is -2.96. The Bertz CT molecular complexity index is 1000. The minimum atomic E-state index is -0.355. The quantitative estimate of drug-likeness (QED) is 0.755. The number of anilines is 2. The first kappa shape index (κ1) is 20.8. The molecule has 2 heterocycles. The fraction of sp³-hybridized carbons (Fsp3) is 0.455. The Morgan fingerprint density at radius 1 is 1.21 bits per heavy atom. The van der Waals surface area contributed by atoms with Crippen LogP contribution < -0.4 is 17.0 Å². The summed E-state index contributed by atoms with van der Waals surface area (Å²) in [6, 6.07) is 3.64. The van der Waals surface area contributed by atoms with Gasteiger partial charge < -0.3 is 11.5 Å². The number of aliphatic imine (C=N–C) groups is 1. The van der Waals surface area contributed by atoms with Gasteiger partial charge in [-0.25, -0.2) is 9.98 Å². The number of carbonyl (C=O) groups excluding carboxylic acids is 1. The van der Waals surface area contributed by atoms with Crippen molar-refractivity contribution in [1.29, 1.82) is 0 Å². The normalized spacial score (nSPS) is 14.7. The van der Waals surface area contributed by atoms with E-state index in [0.717, 1.165) is 17.7 Å². The molecule has 4 N–H and O–H groups in total. The highest BCUT2D eigenvalue weighted by Gasteiger charge is 2.20. The average Bonchev–Trinajstić information content (AvgIpc) is 2.70. The van der Waals surface area contributed by atoms with Crippen LogP contribution in [0.5, 0.6) is 0 Å². The van der Waals surface area contributed by atoms with Gasteiger partial charge in [-0.3, -0.25) is 14.2 Å². The molecule has 154 valence electrons. The highest BCUT2D eigenvalue weighted by Crippen LogP contribution is 2.29. The zero-order valence-corrected chi connectivity index (χ0v) is 17.2. The molecule has 0 aliphatic heterocycles. The number of nitrogens with two attached hydrogens (primary N) is 2. The lowest BCUT2D eigenvalue weighted by atomic mass is 9.84. The van der Waals surface area contributed by atoms with Crippen LogP contribution >= 0.6 is 0 Å². The van der Waals surface area contributed by atoms with Gasteiger partial charge in [0.2, 0.25) is 5.91 Å². The minimum absolute atomic E-state index is 0.0726. The second-order valence-electron chi connectivity index (χ2n) is 7.95. The Morgan fingerprint density at radius 3 is 2.55 bits per heavy atom. The summed E-state index contributed by atoms with van der Waals surface area (Å²) >= 11 is 0. The number of nitrogens with zero attached hydrogens (tertiary/aromatic N) is 3. The fourth-order valence-corrected chi connectivity index (χ4v) is 4.18. The molecule has 1 fully saturated rings. The number of pyridine rings is 2. The zero-order chi connectivity index (χ0) is 21.1. The molecule has 0 saturated heterocycles. The number of aryl methyl sites for hydroxylation is 2. The smallest absolute Gasteiger partial charge is 0.279 e. The molecule has 0 bridgehead atoms. The van der Waals surface area contributed by atoms with Gasteiger partial charge in [-0.2, -0.15) is 0 Å². The molecule has 2 aromatic rings.